The van der Waals surface area contributed by atoms with Crippen molar-refractivity contribution in [1.82, 2.24) is 0 Å². The number of aliphatic hydroxyl groups is 1. The molecule has 0 aromatic carbocycles. The van der Waals surface area contributed by atoms with Crippen LogP contribution in [0.3, 0.4) is 0 Å². The van der Waals surface area contributed by atoms with Crippen LogP contribution in [0.1, 0.15) is 0 Å². The fourth-order valence-electron chi connectivity index (χ4n) is 0.529. The maximum atomic E-state index is 8.32. The topological polar surface area (TPSA) is 47.9 Å². The third kappa shape index (κ3) is 12.6. The van der Waals surface area contributed by atoms with Crippen molar-refractivity contribution in [3.05, 3.63) is 0 Å². The summed E-state index contributed by atoms with van der Waals surface area (Å²) >= 11 is 0. The second kappa shape index (κ2) is 13.5. The molecule has 1 N–H and O–H groups in total. The molecule has 0 aromatic rings. The van der Waals surface area contributed by atoms with Gasteiger partial charge in [-0.3, -0.25) is 0 Å². The Bertz CT molecular complexity index is 64.4. The number of hydrogen-bond acceptors (Lipinski definition) is 4. The van der Waals surface area contributed by atoms with E-state index in [4.69, 9.17) is 19.3 Å². The average Bonchev–Trinajstić information content (AvgIpc) is 2.03. The van der Waals surface area contributed by atoms with Crippen molar-refractivity contribution < 1.29 is 19.3 Å². The van der Waals surface area contributed by atoms with Crippen LogP contribution in [0.4, 0.5) is 0 Å². The van der Waals surface area contributed by atoms with E-state index in [1.165, 1.54) is 0 Å². The molecular weight excluding hydrogens is 159 g/mol. The summed E-state index contributed by atoms with van der Waals surface area (Å²) in [5.74, 6) is 0. The van der Waals surface area contributed by atoms with Crippen molar-refractivity contribution in [3.8, 4) is 0 Å². The fourth-order valence-corrected chi connectivity index (χ4v) is 0.529. The standard InChI is InChI=1S/C7H16O4.B/c1-9-4-5-11-7-6-10-3-2-8;/h8H,2-7H2,1H3;. The Morgan fingerprint density at radius 3 is 1.92 bits per heavy atom. The van der Waals surface area contributed by atoms with Crippen LogP contribution in [-0.2, 0) is 14.2 Å². The highest BCUT2D eigenvalue weighted by Crippen LogP contribution is 1.78. The summed E-state index contributed by atoms with van der Waals surface area (Å²) in [6.07, 6.45) is 0. The van der Waals surface area contributed by atoms with Crippen LogP contribution in [0.25, 0.3) is 0 Å². The second-order valence-electron chi connectivity index (χ2n) is 1.94. The number of hydrogen-bond donors (Lipinski definition) is 1. The zero-order valence-corrected chi connectivity index (χ0v) is 7.49. The van der Waals surface area contributed by atoms with E-state index in [2.05, 4.69) is 0 Å². The van der Waals surface area contributed by atoms with Crippen molar-refractivity contribution in [3.63, 3.8) is 0 Å². The summed E-state index contributed by atoms with van der Waals surface area (Å²) in [4.78, 5) is 0. The van der Waals surface area contributed by atoms with Gasteiger partial charge in [0.1, 0.15) is 0 Å². The minimum atomic E-state index is 0. The lowest BCUT2D eigenvalue weighted by Crippen LogP contribution is -2.09. The van der Waals surface area contributed by atoms with Gasteiger partial charge in [0.25, 0.3) is 0 Å². The number of aliphatic hydroxyl groups excluding tert-OH is 1. The van der Waals surface area contributed by atoms with Gasteiger partial charge in [-0.25, -0.2) is 0 Å². The molecule has 0 saturated heterocycles. The smallest absolute Gasteiger partial charge is 0.0701 e. The molecular formula is C7H16BO4. The predicted molar refractivity (Wildman–Crippen MR) is 46.4 cm³/mol. The molecule has 0 rings (SSSR count). The van der Waals surface area contributed by atoms with Gasteiger partial charge in [0.05, 0.1) is 39.6 Å². The Morgan fingerprint density at radius 2 is 1.42 bits per heavy atom. The van der Waals surface area contributed by atoms with E-state index < -0.39 is 0 Å². The van der Waals surface area contributed by atoms with Gasteiger partial charge < -0.3 is 19.3 Å². The van der Waals surface area contributed by atoms with E-state index in [1.807, 2.05) is 0 Å². The molecule has 0 unspecified atom stereocenters. The number of ether oxygens (including phenoxy) is 3. The maximum absolute atomic E-state index is 8.32. The minimum Gasteiger partial charge on any atom is -0.394 e. The van der Waals surface area contributed by atoms with Gasteiger partial charge in [-0.15, -0.1) is 0 Å². The average molecular weight is 175 g/mol. The van der Waals surface area contributed by atoms with E-state index >= 15 is 0 Å². The molecule has 0 bridgehead atoms. The summed E-state index contributed by atoms with van der Waals surface area (Å²) in [6, 6.07) is 0. The van der Waals surface area contributed by atoms with Crippen molar-refractivity contribution in [2.45, 2.75) is 0 Å². The molecule has 0 aromatic heterocycles. The molecule has 0 spiro atoms. The van der Waals surface area contributed by atoms with E-state index in [-0.39, 0.29) is 15.0 Å². The molecule has 0 heterocycles. The van der Waals surface area contributed by atoms with Gasteiger partial charge in [0.2, 0.25) is 0 Å². The van der Waals surface area contributed by atoms with Crippen LogP contribution in [0.2, 0.25) is 0 Å². The van der Waals surface area contributed by atoms with Crippen LogP contribution in [0.15, 0.2) is 0 Å². The first-order valence-corrected chi connectivity index (χ1v) is 3.67. The van der Waals surface area contributed by atoms with Crippen molar-refractivity contribution >= 4 is 8.41 Å². The first-order valence-electron chi connectivity index (χ1n) is 3.67. The van der Waals surface area contributed by atoms with E-state index in [1.54, 1.807) is 7.11 Å². The van der Waals surface area contributed by atoms with Crippen LogP contribution in [0, 0.1) is 0 Å². The highest BCUT2D eigenvalue weighted by molar-refractivity contribution is 5.75. The van der Waals surface area contributed by atoms with E-state index in [9.17, 15) is 0 Å². The van der Waals surface area contributed by atoms with Crippen LogP contribution < -0.4 is 0 Å². The Morgan fingerprint density at radius 1 is 0.917 bits per heavy atom. The molecule has 71 valence electrons. The molecule has 5 heteroatoms. The lowest BCUT2D eigenvalue weighted by molar-refractivity contribution is 0.0159. The molecule has 0 fully saturated rings. The molecule has 0 aliphatic heterocycles. The zero-order valence-electron chi connectivity index (χ0n) is 7.49. The van der Waals surface area contributed by atoms with Crippen molar-refractivity contribution in [1.29, 1.82) is 0 Å². The number of methoxy groups -OCH3 is 1. The lowest BCUT2D eigenvalue weighted by atomic mass is 10.7. The second-order valence-corrected chi connectivity index (χ2v) is 1.94. The Balaban J connectivity index is 0. The molecule has 0 aliphatic rings. The van der Waals surface area contributed by atoms with E-state index in [0.717, 1.165) is 0 Å². The SMILES string of the molecule is COCCOCCOCCO.[B]. The molecule has 12 heavy (non-hydrogen) atoms. The summed E-state index contributed by atoms with van der Waals surface area (Å²) in [7, 11) is 1.63. The number of rotatable bonds is 8. The predicted octanol–water partition coefficient (Wildman–Crippen LogP) is -0.722. The minimum absolute atomic E-state index is 0. The first-order chi connectivity index (χ1) is 5.41. The Labute approximate surface area is 75.4 Å². The third-order valence-corrected chi connectivity index (χ3v) is 1.04. The summed E-state index contributed by atoms with van der Waals surface area (Å²) < 4.78 is 14.8. The van der Waals surface area contributed by atoms with Crippen LogP contribution >= 0.6 is 0 Å². The van der Waals surface area contributed by atoms with Gasteiger partial charge in [-0.2, -0.15) is 0 Å². The largest absolute Gasteiger partial charge is 0.394 e. The van der Waals surface area contributed by atoms with Gasteiger partial charge in [0.15, 0.2) is 0 Å². The monoisotopic (exact) mass is 175 g/mol. The molecule has 0 aliphatic carbocycles. The molecule has 0 atom stereocenters. The van der Waals surface area contributed by atoms with Crippen LogP contribution in [0.5, 0.6) is 0 Å². The highest BCUT2D eigenvalue weighted by atomic mass is 16.5. The normalized spacial score (nSPS) is 9.50. The molecule has 4 nitrogen and oxygen atoms in total. The van der Waals surface area contributed by atoms with Crippen molar-refractivity contribution in [2.75, 3.05) is 46.8 Å². The third-order valence-electron chi connectivity index (χ3n) is 1.04. The highest BCUT2D eigenvalue weighted by Gasteiger charge is 1.87. The van der Waals surface area contributed by atoms with Gasteiger partial charge >= 0.3 is 0 Å². The van der Waals surface area contributed by atoms with E-state index in [0.29, 0.717) is 33.0 Å². The fraction of sp³-hybridized carbons (Fsp3) is 1.00. The van der Waals surface area contributed by atoms with Crippen LogP contribution in [-0.4, -0.2) is 60.3 Å². The van der Waals surface area contributed by atoms with Gasteiger partial charge in [0, 0.05) is 15.5 Å². The first kappa shape index (κ1) is 14.4. The Hall–Kier alpha value is -0.0951. The van der Waals surface area contributed by atoms with Gasteiger partial charge in [-0.1, -0.05) is 0 Å². The summed E-state index contributed by atoms with van der Waals surface area (Å²) in [5, 5.41) is 8.32. The summed E-state index contributed by atoms with van der Waals surface area (Å²) in [6.45, 7) is 2.75. The quantitative estimate of drug-likeness (QED) is 0.390. The molecule has 0 amide bonds. The molecule has 0 saturated carbocycles. The molecule has 3 radical (unpaired) electrons. The zero-order chi connectivity index (χ0) is 8.36. The van der Waals surface area contributed by atoms with Crippen molar-refractivity contribution in [2.24, 2.45) is 0 Å². The van der Waals surface area contributed by atoms with Gasteiger partial charge in [-0.05, 0) is 0 Å². The lowest BCUT2D eigenvalue weighted by Gasteiger charge is -2.03. The summed E-state index contributed by atoms with van der Waals surface area (Å²) in [5.41, 5.74) is 0. The maximum Gasteiger partial charge on any atom is 0.0701 e. The Kier molecular flexibility index (Phi) is 16.2.